The summed E-state index contributed by atoms with van der Waals surface area (Å²) in [5, 5.41) is 3.60. The van der Waals surface area contributed by atoms with Gasteiger partial charge in [-0.05, 0) is 44.9 Å². The fraction of sp³-hybridized carbons (Fsp3) is 0.571. The predicted molar refractivity (Wildman–Crippen MR) is 66.8 cm³/mol. The second-order valence-electron chi connectivity index (χ2n) is 5.14. The number of fused-ring (bicyclic) bond motifs is 1. The second-order valence-corrected chi connectivity index (χ2v) is 5.14. The van der Waals surface area contributed by atoms with Gasteiger partial charge in [0.15, 0.2) is 11.5 Å². The van der Waals surface area contributed by atoms with E-state index in [4.69, 9.17) is 9.47 Å². The Bertz CT molecular complexity index is 436. The molecule has 1 N–H and O–H groups in total. The van der Waals surface area contributed by atoms with E-state index in [2.05, 4.69) is 25.2 Å². The minimum Gasteiger partial charge on any atom is -0.486 e. The molecule has 3 rings (SSSR count). The number of nitrogens with one attached hydrogen (secondary N) is 1. The van der Waals surface area contributed by atoms with Gasteiger partial charge in [-0.1, -0.05) is 6.07 Å². The van der Waals surface area contributed by atoms with E-state index in [0.717, 1.165) is 24.5 Å². The molecule has 1 unspecified atom stereocenters. The molecule has 2 aliphatic heterocycles. The van der Waals surface area contributed by atoms with Crippen LogP contribution in [0.3, 0.4) is 0 Å². The SMILES string of the molecule is Cc1ccc2c(c1C1(C)CCCN1)OCCO2. The Morgan fingerprint density at radius 1 is 1.24 bits per heavy atom. The molecule has 0 amide bonds. The first-order valence-corrected chi connectivity index (χ1v) is 6.35. The van der Waals surface area contributed by atoms with Gasteiger partial charge in [0.1, 0.15) is 13.2 Å². The highest BCUT2D eigenvalue weighted by Crippen LogP contribution is 2.44. The molecule has 0 radical (unpaired) electrons. The maximum absolute atomic E-state index is 5.85. The first kappa shape index (κ1) is 10.9. The Hall–Kier alpha value is -1.22. The van der Waals surface area contributed by atoms with Crippen molar-refractivity contribution in [3.05, 3.63) is 23.3 Å². The summed E-state index contributed by atoms with van der Waals surface area (Å²) in [6.45, 7) is 6.80. The van der Waals surface area contributed by atoms with Crippen molar-refractivity contribution in [2.24, 2.45) is 0 Å². The lowest BCUT2D eigenvalue weighted by atomic mass is 9.86. The first-order valence-electron chi connectivity index (χ1n) is 6.35. The van der Waals surface area contributed by atoms with Crippen LogP contribution < -0.4 is 14.8 Å². The molecule has 2 aliphatic rings. The highest BCUT2D eigenvalue weighted by molar-refractivity contribution is 5.54. The Morgan fingerprint density at radius 3 is 2.82 bits per heavy atom. The zero-order valence-electron chi connectivity index (χ0n) is 10.5. The molecule has 17 heavy (non-hydrogen) atoms. The average Bonchev–Trinajstić information content (AvgIpc) is 2.76. The van der Waals surface area contributed by atoms with Crippen molar-refractivity contribution >= 4 is 0 Å². The molecule has 1 atom stereocenters. The molecule has 0 spiro atoms. The van der Waals surface area contributed by atoms with Gasteiger partial charge in [-0.2, -0.15) is 0 Å². The van der Waals surface area contributed by atoms with Gasteiger partial charge in [0.05, 0.1) is 0 Å². The fourth-order valence-corrected chi connectivity index (χ4v) is 3.01. The van der Waals surface area contributed by atoms with Crippen molar-refractivity contribution in [1.82, 2.24) is 5.32 Å². The second kappa shape index (κ2) is 3.91. The topological polar surface area (TPSA) is 30.5 Å². The van der Waals surface area contributed by atoms with Crippen molar-refractivity contribution in [2.45, 2.75) is 32.2 Å². The molecule has 1 aromatic carbocycles. The summed E-state index contributed by atoms with van der Waals surface area (Å²) in [5.41, 5.74) is 2.61. The van der Waals surface area contributed by atoms with E-state index in [-0.39, 0.29) is 5.54 Å². The van der Waals surface area contributed by atoms with Gasteiger partial charge < -0.3 is 14.8 Å². The van der Waals surface area contributed by atoms with Gasteiger partial charge >= 0.3 is 0 Å². The van der Waals surface area contributed by atoms with Crippen molar-refractivity contribution < 1.29 is 9.47 Å². The van der Waals surface area contributed by atoms with Crippen molar-refractivity contribution in [3.63, 3.8) is 0 Å². The van der Waals surface area contributed by atoms with E-state index in [1.807, 2.05) is 6.07 Å². The third kappa shape index (κ3) is 1.69. The van der Waals surface area contributed by atoms with E-state index >= 15 is 0 Å². The quantitative estimate of drug-likeness (QED) is 0.807. The van der Waals surface area contributed by atoms with Crippen LogP contribution in [0.1, 0.15) is 30.9 Å². The number of aryl methyl sites for hydroxylation is 1. The van der Waals surface area contributed by atoms with Crippen molar-refractivity contribution in [3.8, 4) is 11.5 Å². The van der Waals surface area contributed by atoms with Crippen LogP contribution in [-0.2, 0) is 5.54 Å². The molecular formula is C14H19NO2. The predicted octanol–water partition coefficient (Wildman–Crippen LogP) is 2.36. The molecule has 1 saturated heterocycles. The molecule has 3 nitrogen and oxygen atoms in total. The number of hydrogen-bond acceptors (Lipinski definition) is 3. The maximum Gasteiger partial charge on any atom is 0.166 e. The van der Waals surface area contributed by atoms with E-state index in [0.29, 0.717) is 13.2 Å². The normalized spacial score (nSPS) is 27.2. The number of ether oxygens (including phenoxy) is 2. The Balaban J connectivity index is 2.14. The van der Waals surface area contributed by atoms with Crippen LogP contribution in [0.15, 0.2) is 12.1 Å². The third-order valence-corrected chi connectivity index (χ3v) is 3.84. The summed E-state index contributed by atoms with van der Waals surface area (Å²) in [4.78, 5) is 0. The molecular weight excluding hydrogens is 214 g/mol. The monoisotopic (exact) mass is 233 g/mol. The highest BCUT2D eigenvalue weighted by Gasteiger charge is 2.36. The van der Waals surface area contributed by atoms with Gasteiger partial charge in [0.2, 0.25) is 0 Å². The summed E-state index contributed by atoms with van der Waals surface area (Å²) in [7, 11) is 0. The summed E-state index contributed by atoms with van der Waals surface area (Å²) in [6.07, 6.45) is 2.38. The summed E-state index contributed by atoms with van der Waals surface area (Å²) in [6, 6.07) is 4.15. The largest absolute Gasteiger partial charge is 0.486 e. The van der Waals surface area contributed by atoms with Crippen LogP contribution in [0.2, 0.25) is 0 Å². The molecule has 92 valence electrons. The van der Waals surface area contributed by atoms with Gasteiger partial charge in [0, 0.05) is 11.1 Å². The molecule has 0 bridgehead atoms. The molecule has 3 heteroatoms. The van der Waals surface area contributed by atoms with Crippen LogP contribution in [0.5, 0.6) is 11.5 Å². The van der Waals surface area contributed by atoms with Crippen LogP contribution in [0, 0.1) is 6.92 Å². The van der Waals surface area contributed by atoms with Gasteiger partial charge in [-0.25, -0.2) is 0 Å². The molecule has 0 aromatic heterocycles. The first-order chi connectivity index (χ1) is 8.21. The lowest BCUT2D eigenvalue weighted by Gasteiger charge is -2.32. The van der Waals surface area contributed by atoms with E-state index in [9.17, 15) is 0 Å². The van der Waals surface area contributed by atoms with Gasteiger partial charge in [0.25, 0.3) is 0 Å². The molecule has 0 saturated carbocycles. The third-order valence-electron chi connectivity index (χ3n) is 3.84. The van der Waals surface area contributed by atoms with Gasteiger partial charge in [-0.15, -0.1) is 0 Å². The zero-order valence-corrected chi connectivity index (χ0v) is 10.5. The van der Waals surface area contributed by atoms with Gasteiger partial charge in [-0.3, -0.25) is 0 Å². The summed E-state index contributed by atoms with van der Waals surface area (Å²) >= 11 is 0. The van der Waals surface area contributed by atoms with E-state index < -0.39 is 0 Å². The molecule has 1 aromatic rings. The summed E-state index contributed by atoms with van der Waals surface area (Å²) in [5.74, 6) is 1.85. The minimum absolute atomic E-state index is 0.0378. The fourth-order valence-electron chi connectivity index (χ4n) is 3.01. The highest BCUT2D eigenvalue weighted by atomic mass is 16.6. The number of benzene rings is 1. The smallest absolute Gasteiger partial charge is 0.166 e. The number of rotatable bonds is 1. The average molecular weight is 233 g/mol. The Morgan fingerprint density at radius 2 is 2.06 bits per heavy atom. The molecule has 0 aliphatic carbocycles. The molecule has 2 heterocycles. The Kier molecular flexibility index (Phi) is 2.51. The number of hydrogen-bond donors (Lipinski definition) is 1. The Labute approximate surface area is 102 Å². The zero-order chi connectivity index (χ0) is 11.9. The lowest BCUT2D eigenvalue weighted by Crippen LogP contribution is -2.35. The van der Waals surface area contributed by atoms with Crippen LogP contribution in [0.25, 0.3) is 0 Å². The van der Waals surface area contributed by atoms with Crippen LogP contribution in [-0.4, -0.2) is 19.8 Å². The minimum atomic E-state index is 0.0378. The summed E-state index contributed by atoms with van der Waals surface area (Å²) < 4.78 is 11.5. The molecule has 1 fully saturated rings. The lowest BCUT2D eigenvalue weighted by molar-refractivity contribution is 0.166. The van der Waals surface area contributed by atoms with Crippen LogP contribution >= 0.6 is 0 Å². The van der Waals surface area contributed by atoms with E-state index in [1.165, 1.54) is 17.5 Å². The van der Waals surface area contributed by atoms with Crippen LogP contribution in [0.4, 0.5) is 0 Å². The van der Waals surface area contributed by atoms with E-state index in [1.54, 1.807) is 0 Å². The maximum atomic E-state index is 5.85. The van der Waals surface area contributed by atoms with Crippen molar-refractivity contribution in [1.29, 1.82) is 0 Å². The standard InChI is InChI=1S/C14H19NO2/c1-10-4-5-11-13(17-9-8-16-11)12(10)14(2)6-3-7-15-14/h4-5,15H,3,6-9H2,1-2H3. The van der Waals surface area contributed by atoms with Crippen molar-refractivity contribution in [2.75, 3.05) is 19.8 Å².